The lowest BCUT2D eigenvalue weighted by atomic mass is 10.2. The van der Waals surface area contributed by atoms with E-state index in [-0.39, 0.29) is 0 Å². The van der Waals surface area contributed by atoms with Gasteiger partial charge in [0.25, 0.3) is 0 Å². The van der Waals surface area contributed by atoms with E-state index in [1.807, 2.05) is 24.3 Å². The number of nitrogen functional groups attached to an aromatic ring is 1. The van der Waals surface area contributed by atoms with Gasteiger partial charge in [0, 0.05) is 36.3 Å². The number of nitrogens with two attached hydrogens (primary N) is 1. The lowest BCUT2D eigenvalue weighted by Crippen LogP contribution is -1.88. The minimum Gasteiger partial charge on any atom is -0.398 e. The highest BCUT2D eigenvalue weighted by atomic mass is 35.5. The van der Waals surface area contributed by atoms with Gasteiger partial charge >= 0.3 is 0 Å². The molecule has 0 saturated heterocycles. The van der Waals surface area contributed by atoms with E-state index in [1.54, 1.807) is 29.2 Å². The van der Waals surface area contributed by atoms with Gasteiger partial charge in [0.15, 0.2) is 0 Å². The first kappa shape index (κ1) is 14.1. The normalized spacial score (nSPS) is 11.1. The molecule has 1 heterocycles. The summed E-state index contributed by atoms with van der Waals surface area (Å²) < 4.78 is 1.22. The van der Waals surface area contributed by atoms with E-state index in [0.29, 0.717) is 10.7 Å². The van der Waals surface area contributed by atoms with E-state index in [9.17, 15) is 0 Å². The van der Waals surface area contributed by atoms with Crippen LogP contribution in [0.25, 0.3) is 10.1 Å². The quantitative estimate of drug-likeness (QED) is 0.462. The second kappa shape index (κ2) is 5.86. The van der Waals surface area contributed by atoms with Gasteiger partial charge in [0.05, 0.1) is 5.02 Å². The molecule has 1 aromatic heterocycles. The molecule has 0 radical (unpaired) electrons. The van der Waals surface area contributed by atoms with Crippen LogP contribution in [-0.2, 0) is 5.75 Å². The Labute approximate surface area is 135 Å². The predicted molar refractivity (Wildman–Crippen MR) is 92.3 cm³/mol. The average molecular weight is 340 g/mol. The maximum Gasteiger partial charge on any atom is 0.0632 e. The van der Waals surface area contributed by atoms with Crippen molar-refractivity contribution in [2.45, 2.75) is 10.6 Å². The molecule has 0 aliphatic rings. The Bertz CT molecular complexity index is 768. The summed E-state index contributed by atoms with van der Waals surface area (Å²) in [6, 6.07) is 13.8. The van der Waals surface area contributed by atoms with Crippen molar-refractivity contribution < 1.29 is 0 Å². The summed E-state index contributed by atoms with van der Waals surface area (Å²) in [5, 5.41) is 2.64. The van der Waals surface area contributed by atoms with Gasteiger partial charge < -0.3 is 5.73 Å². The SMILES string of the molecule is Nc1cc(Cl)ccc1SCc1sc2ccccc2c1Cl. The number of fused-ring (bicyclic) bond motifs is 1. The van der Waals surface area contributed by atoms with Crippen molar-refractivity contribution in [3.05, 3.63) is 57.4 Å². The first-order valence-electron chi connectivity index (χ1n) is 5.99. The molecule has 0 bridgehead atoms. The highest BCUT2D eigenvalue weighted by molar-refractivity contribution is 7.98. The molecule has 102 valence electrons. The summed E-state index contributed by atoms with van der Waals surface area (Å²) in [4.78, 5) is 2.20. The summed E-state index contributed by atoms with van der Waals surface area (Å²) >= 11 is 15.8. The third-order valence-corrected chi connectivity index (χ3v) is 6.18. The third kappa shape index (κ3) is 2.77. The number of halogens is 2. The van der Waals surface area contributed by atoms with Gasteiger partial charge in [0.2, 0.25) is 0 Å². The van der Waals surface area contributed by atoms with Crippen LogP contribution in [0.5, 0.6) is 0 Å². The lowest BCUT2D eigenvalue weighted by Gasteiger charge is -2.05. The molecule has 0 fully saturated rings. The van der Waals surface area contributed by atoms with E-state index < -0.39 is 0 Å². The van der Waals surface area contributed by atoms with Crippen LogP contribution in [0.2, 0.25) is 10.0 Å². The van der Waals surface area contributed by atoms with Crippen LogP contribution in [-0.4, -0.2) is 0 Å². The average Bonchev–Trinajstić information content (AvgIpc) is 2.75. The number of thioether (sulfide) groups is 1. The zero-order valence-electron chi connectivity index (χ0n) is 10.4. The first-order chi connectivity index (χ1) is 9.65. The van der Waals surface area contributed by atoms with E-state index in [0.717, 1.165) is 21.1 Å². The Hall–Kier alpha value is -0.870. The van der Waals surface area contributed by atoms with Crippen molar-refractivity contribution in [1.29, 1.82) is 0 Å². The molecule has 1 nitrogen and oxygen atoms in total. The number of thiophene rings is 1. The molecular formula is C15H11Cl2NS2. The van der Waals surface area contributed by atoms with Crippen LogP contribution in [0.15, 0.2) is 47.4 Å². The molecule has 20 heavy (non-hydrogen) atoms. The second-order valence-electron chi connectivity index (χ2n) is 4.31. The summed E-state index contributed by atoms with van der Waals surface area (Å²) in [6.45, 7) is 0. The summed E-state index contributed by atoms with van der Waals surface area (Å²) in [7, 11) is 0. The van der Waals surface area contributed by atoms with Gasteiger partial charge in [0.1, 0.15) is 0 Å². The van der Waals surface area contributed by atoms with Gasteiger partial charge in [-0.15, -0.1) is 23.1 Å². The summed E-state index contributed by atoms with van der Waals surface area (Å²) in [5.41, 5.74) is 6.67. The molecule has 0 aliphatic heterocycles. The van der Waals surface area contributed by atoms with Crippen LogP contribution in [0, 0.1) is 0 Å². The second-order valence-corrected chi connectivity index (χ2v) is 7.27. The predicted octanol–water partition coefficient (Wildman–Crippen LogP) is 6.08. The molecule has 2 aromatic carbocycles. The molecule has 0 aliphatic carbocycles. The Morgan fingerprint density at radius 2 is 1.90 bits per heavy atom. The molecule has 0 unspecified atom stereocenters. The molecule has 0 spiro atoms. The fourth-order valence-corrected chi connectivity index (χ4v) is 4.74. The minimum atomic E-state index is 0.659. The zero-order valence-corrected chi connectivity index (χ0v) is 13.5. The fraction of sp³-hybridized carbons (Fsp3) is 0.0667. The fourth-order valence-electron chi connectivity index (χ4n) is 1.95. The maximum absolute atomic E-state index is 6.43. The lowest BCUT2D eigenvalue weighted by molar-refractivity contribution is 1.43. The largest absolute Gasteiger partial charge is 0.398 e. The van der Waals surface area contributed by atoms with Crippen molar-refractivity contribution in [3.8, 4) is 0 Å². The number of hydrogen-bond acceptors (Lipinski definition) is 3. The van der Waals surface area contributed by atoms with Crippen molar-refractivity contribution in [3.63, 3.8) is 0 Å². The van der Waals surface area contributed by atoms with Crippen molar-refractivity contribution >= 4 is 62.1 Å². The van der Waals surface area contributed by atoms with Crippen LogP contribution in [0.1, 0.15) is 4.88 Å². The number of rotatable bonds is 3. The molecule has 3 aromatic rings. The summed E-state index contributed by atoms with van der Waals surface area (Å²) in [5.74, 6) is 0.810. The molecule has 5 heteroatoms. The standard InChI is InChI=1S/C15H11Cl2NS2/c16-9-5-6-13(11(18)7-9)19-8-14-15(17)10-3-1-2-4-12(10)20-14/h1-7H,8,18H2. The number of benzene rings is 2. The minimum absolute atomic E-state index is 0.659. The van der Waals surface area contributed by atoms with E-state index in [4.69, 9.17) is 28.9 Å². The zero-order chi connectivity index (χ0) is 14.1. The Morgan fingerprint density at radius 1 is 1.10 bits per heavy atom. The van der Waals surface area contributed by atoms with E-state index in [2.05, 4.69) is 12.1 Å². The highest BCUT2D eigenvalue weighted by Crippen LogP contribution is 2.39. The monoisotopic (exact) mass is 339 g/mol. The third-order valence-electron chi connectivity index (χ3n) is 2.93. The molecule has 0 saturated carbocycles. The van der Waals surface area contributed by atoms with Crippen LogP contribution >= 0.6 is 46.3 Å². The van der Waals surface area contributed by atoms with E-state index >= 15 is 0 Å². The van der Waals surface area contributed by atoms with Gasteiger partial charge in [-0.1, -0.05) is 41.4 Å². The van der Waals surface area contributed by atoms with Crippen molar-refractivity contribution in [2.75, 3.05) is 5.73 Å². The van der Waals surface area contributed by atoms with Crippen LogP contribution in [0.4, 0.5) is 5.69 Å². The highest BCUT2D eigenvalue weighted by Gasteiger charge is 2.10. The van der Waals surface area contributed by atoms with Gasteiger partial charge in [-0.05, 0) is 24.3 Å². The topological polar surface area (TPSA) is 26.0 Å². The Kier molecular flexibility index (Phi) is 4.13. The smallest absolute Gasteiger partial charge is 0.0632 e. The van der Waals surface area contributed by atoms with Crippen molar-refractivity contribution in [2.24, 2.45) is 0 Å². The number of anilines is 1. The van der Waals surface area contributed by atoms with Crippen LogP contribution in [0.3, 0.4) is 0 Å². The maximum atomic E-state index is 6.43. The van der Waals surface area contributed by atoms with Gasteiger partial charge in [-0.3, -0.25) is 0 Å². The molecule has 3 rings (SSSR count). The molecular weight excluding hydrogens is 329 g/mol. The molecule has 0 amide bonds. The van der Waals surface area contributed by atoms with Crippen LogP contribution < -0.4 is 5.73 Å². The first-order valence-corrected chi connectivity index (χ1v) is 8.54. The summed E-state index contributed by atoms with van der Waals surface area (Å²) in [6.07, 6.45) is 0. The Balaban J connectivity index is 1.85. The van der Waals surface area contributed by atoms with Gasteiger partial charge in [-0.2, -0.15) is 0 Å². The molecule has 0 atom stereocenters. The molecule has 2 N–H and O–H groups in total. The Morgan fingerprint density at radius 3 is 2.65 bits per heavy atom. The number of hydrogen-bond donors (Lipinski definition) is 1. The van der Waals surface area contributed by atoms with Crippen molar-refractivity contribution in [1.82, 2.24) is 0 Å². The van der Waals surface area contributed by atoms with Gasteiger partial charge in [-0.25, -0.2) is 0 Å². The van der Waals surface area contributed by atoms with E-state index in [1.165, 1.54) is 9.58 Å².